The van der Waals surface area contributed by atoms with Gasteiger partial charge in [0, 0.05) is 50.1 Å². The van der Waals surface area contributed by atoms with Crippen LogP contribution in [0.2, 0.25) is 25.7 Å². The third-order valence-electron chi connectivity index (χ3n) is 7.36. The summed E-state index contributed by atoms with van der Waals surface area (Å²) in [5.74, 6) is 0. The van der Waals surface area contributed by atoms with Crippen molar-refractivity contribution >= 4 is 25.2 Å². The van der Waals surface area contributed by atoms with Crippen LogP contribution in [0.1, 0.15) is 37.6 Å². The molecule has 0 aliphatic carbocycles. The van der Waals surface area contributed by atoms with Crippen molar-refractivity contribution in [3.05, 3.63) is 59.5 Å². The molecule has 0 bridgehead atoms. The molecule has 0 saturated heterocycles. The van der Waals surface area contributed by atoms with Gasteiger partial charge in [-0.05, 0) is 63.1 Å². The molecule has 4 heterocycles. The number of ether oxygens (including phenoxy) is 2. The average molecular weight is 585 g/mol. The first-order chi connectivity index (χ1) is 19.8. The first kappa shape index (κ1) is 29.5. The van der Waals surface area contributed by atoms with Gasteiger partial charge in [0.2, 0.25) is 0 Å². The maximum absolute atomic E-state index is 13.1. The Balaban J connectivity index is 1.60. The molecule has 1 aromatic carbocycles. The van der Waals surface area contributed by atoms with Crippen LogP contribution in [0.4, 0.5) is 4.79 Å². The van der Waals surface area contributed by atoms with Crippen molar-refractivity contribution in [3.63, 3.8) is 0 Å². The van der Waals surface area contributed by atoms with E-state index in [9.17, 15) is 10.1 Å². The molecule has 1 aliphatic heterocycles. The molecular formula is C32H40N6O3Si. The standard InChI is InChI=1S/C32H40N6O3Si/c1-22-19-37(21-40-16-17-42(5,6)7)30-27(22)25(12-13-34-30)28-26-20-36(31(39)41-32(2,3)4)14-15-38(26)35-29(28)24-10-8-23(18-33)9-11-24/h8-13,19H,14-17,20-21H2,1-7H3. The number of nitrogens with zero attached hydrogens (tertiary/aromatic N) is 6. The number of hydrogen-bond acceptors (Lipinski definition) is 6. The SMILES string of the molecule is Cc1cn(COCC[Si](C)(C)C)c2nccc(-c3c(-c4ccc(C#N)cc4)nn4c3CN(C(=O)OC(C)(C)C)CC4)c12. The van der Waals surface area contributed by atoms with E-state index >= 15 is 0 Å². The van der Waals surface area contributed by atoms with Crippen LogP contribution >= 0.6 is 0 Å². The summed E-state index contributed by atoms with van der Waals surface area (Å²) in [6.45, 7) is 17.4. The first-order valence-corrected chi connectivity index (χ1v) is 18.2. The molecule has 0 unspecified atom stereocenters. The summed E-state index contributed by atoms with van der Waals surface area (Å²) in [6.07, 6.45) is 3.59. The van der Waals surface area contributed by atoms with Crippen LogP contribution in [-0.4, -0.2) is 57.2 Å². The molecule has 220 valence electrons. The van der Waals surface area contributed by atoms with E-state index in [1.54, 1.807) is 4.90 Å². The highest BCUT2D eigenvalue weighted by atomic mass is 28.3. The van der Waals surface area contributed by atoms with Gasteiger partial charge in [-0.25, -0.2) is 9.78 Å². The van der Waals surface area contributed by atoms with Gasteiger partial charge in [0.25, 0.3) is 0 Å². The van der Waals surface area contributed by atoms with E-state index in [2.05, 4.69) is 43.4 Å². The van der Waals surface area contributed by atoms with Crippen molar-refractivity contribution in [1.82, 2.24) is 24.2 Å². The van der Waals surface area contributed by atoms with Gasteiger partial charge in [0.05, 0.1) is 30.4 Å². The Morgan fingerprint density at radius 1 is 1.12 bits per heavy atom. The summed E-state index contributed by atoms with van der Waals surface area (Å²) < 4.78 is 15.9. The largest absolute Gasteiger partial charge is 0.444 e. The minimum atomic E-state index is -1.19. The quantitative estimate of drug-likeness (QED) is 0.175. The fourth-order valence-corrected chi connectivity index (χ4v) is 6.01. The molecule has 9 nitrogen and oxygen atoms in total. The number of aromatic nitrogens is 4. The molecule has 0 N–H and O–H groups in total. The van der Waals surface area contributed by atoms with Crippen LogP contribution in [-0.2, 0) is 29.3 Å². The Morgan fingerprint density at radius 3 is 2.52 bits per heavy atom. The van der Waals surface area contributed by atoms with Crippen LogP contribution in [0.3, 0.4) is 0 Å². The number of carbonyl (C=O) groups is 1. The van der Waals surface area contributed by atoms with E-state index < -0.39 is 13.7 Å². The number of amides is 1. The second-order valence-electron chi connectivity index (χ2n) is 13.2. The Kier molecular flexibility index (Phi) is 8.01. The van der Waals surface area contributed by atoms with Gasteiger partial charge in [-0.15, -0.1) is 0 Å². The lowest BCUT2D eigenvalue weighted by Gasteiger charge is -2.31. The molecule has 0 saturated carbocycles. The average Bonchev–Trinajstić information content (AvgIpc) is 3.47. The summed E-state index contributed by atoms with van der Waals surface area (Å²) in [7, 11) is -1.19. The highest BCUT2D eigenvalue weighted by molar-refractivity contribution is 6.76. The fourth-order valence-electron chi connectivity index (χ4n) is 5.25. The molecule has 10 heteroatoms. The van der Waals surface area contributed by atoms with Crippen molar-refractivity contribution in [2.24, 2.45) is 0 Å². The summed E-state index contributed by atoms with van der Waals surface area (Å²) in [5, 5.41) is 15.4. The molecule has 0 fully saturated rings. The second-order valence-corrected chi connectivity index (χ2v) is 18.8. The van der Waals surface area contributed by atoms with Crippen LogP contribution in [0.5, 0.6) is 0 Å². The van der Waals surface area contributed by atoms with Gasteiger partial charge in [-0.2, -0.15) is 10.4 Å². The van der Waals surface area contributed by atoms with E-state index in [0.29, 0.717) is 31.9 Å². The van der Waals surface area contributed by atoms with Crippen molar-refractivity contribution < 1.29 is 14.3 Å². The van der Waals surface area contributed by atoms with Gasteiger partial charge in [0.15, 0.2) is 0 Å². The molecule has 3 aromatic heterocycles. The number of nitriles is 1. The third-order valence-corrected chi connectivity index (χ3v) is 9.07. The predicted octanol–water partition coefficient (Wildman–Crippen LogP) is 6.81. The lowest BCUT2D eigenvalue weighted by Crippen LogP contribution is -2.41. The minimum absolute atomic E-state index is 0.335. The molecule has 0 radical (unpaired) electrons. The monoisotopic (exact) mass is 584 g/mol. The first-order valence-electron chi connectivity index (χ1n) is 14.5. The lowest BCUT2D eigenvalue weighted by atomic mass is 9.95. The summed E-state index contributed by atoms with van der Waals surface area (Å²) in [4.78, 5) is 19.6. The smallest absolute Gasteiger partial charge is 0.410 e. The van der Waals surface area contributed by atoms with E-state index in [-0.39, 0.29) is 6.09 Å². The van der Waals surface area contributed by atoms with E-state index in [0.717, 1.165) is 57.3 Å². The molecule has 1 aliphatic rings. The van der Waals surface area contributed by atoms with Crippen LogP contribution < -0.4 is 0 Å². The zero-order valence-electron chi connectivity index (χ0n) is 25.7. The predicted molar refractivity (Wildman–Crippen MR) is 167 cm³/mol. The molecule has 4 aromatic rings. The van der Waals surface area contributed by atoms with Crippen molar-refractivity contribution in [1.29, 1.82) is 5.26 Å². The number of rotatable bonds is 7. The molecule has 0 atom stereocenters. The number of fused-ring (bicyclic) bond motifs is 2. The zero-order chi connectivity index (χ0) is 30.2. The normalized spacial score (nSPS) is 13.7. The van der Waals surface area contributed by atoms with Gasteiger partial charge in [-0.3, -0.25) is 4.68 Å². The van der Waals surface area contributed by atoms with Crippen molar-refractivity contribution in [3.8, 4) is 28.5 Å². The Morgan fingerprint density at radius 2 is 1.86 bits per heavy atom. The van der Waals surface area contributed by atoms with Gasteiger partial charge < -0.3 is 18.9 Å². The van der Waals surface area contributed by atoms with E-state index in [4.69, 9.17) is 19.6 Å². The highest BCUT2D eigenvalue weighted by Crippen LogP contribution is 2.41. The van der Waals surface area contributed by atoms with Gasteiger partial charge in [0.1, 0.15) is 23.7 Å². The minimum Gasteiger partial charge on any atom is -0.444 e. The highest BCUT2D eigenvalue weighted by Gasteiger charge is 2.31. The van der Waals surface area contributed by atoms with Crippen molar-refractivity contribution in [2.45, 2.75) is 78.8 Å². The Labute approximate surface area is 248 Å². The van der Waals surface area contributed by atoms with Crippen molar-refractivity contribution in [2.75, 3.05) is 13.2 Å². The molecule has 0 spiro atoms. The zero-order valence-corrected chi connectivity index (χ0v) is 26.7. The number of benzene rings is 1. The summed E-state index contributed by atoms with van der Waals surface area (Å²) in [6, 6.07) is 12.8. The Hall–Kier alpha value is -3.94. The maximum atomic E-state index is 13.1. The lowest BCUT2D eigenvalue weighted by molar-refractivity contribution is 0.0195. The molecule has 5 rings (SSSR count). The summed E-state index contributed by atoms with van der Waals surface area (Å²) in [5.41, 5.74) is 6.57. The van der Waals surface area contributed by atoms with Crippen LogP contribution in [0.25, 0.3) is 33.4 Å². The number of pyridine rings is 1. The maximum Gasteiger partial charge on any atom is 0.410 e. The van der Waals surface area contributed by atoms with Crippen LogP contribution in [0.15, 0.2) is 42.7 Å². The third kappa shape index (κ3) is 6.27. The summed E-state index contributed by atoms with van der Waals surface area (Å²) >= 11 is 0. The number of aryl methyl sites for hydroxylation is 1. The fraction of sp³-hybridized carbons (Fsp3) is 0.438. The number of hydrogen-bond donors (Lipinski definition) is 0. The molecular weight excluding hydrogens is 544 g/mol. The van der Waals surface area contributed by atoms with E-state index in [1.807, 2.05) is 62.0 Å². The molecule has 42 heavy (non-hydrogen) atoms. The second kappa shape index (κ2) is 11.4. The van der Waals surface area contributed by atoms with Gasteiger partial charge in [-0.1, -0.05) is 31.8 Å². The topological polar surface area (TPSA) is 98.2 Å². The Bertz CT molecular complexity index is 1650. The van der Waals surface area contributed by atoms with E-state index in [1.165, 1.54) is 0 Å². The van der Waals surface area contributed by atoms with Crippen LogP contribution in [0, 0.1) is 18.3 Å². The number of carbonyl (C=O) groups excluding carboxylic acids is 1. The van der Waals surface area contributed by atoms with Gasteiger partial charge >= 0.3 is 6.09 Å². The molecule has 1 amide bonds.